The smallest absolute Gasteiger partial charge is 0.267 e. The fourth-order valence-corrected chi connectivity index (χ4v) is 2.84. The molecule has 0 unspecified atom stereocenters. The topological polar surface area (TPSA) is 83.5 Å². The minimum absolute atomic E-state index is 0.199. The van der Waals surface area contributed by atoms with Crippen molar-refractivity contribution >= 4 is 27.8 Å². The highest BCUT2D eigenvalue weighted by Gasteiger charge is 2.26. The quantitative estimate of drug-likeness (QED) is 0.530. The number of amides is 1. The van der Waals surface area contributed by atoms with Gasteiger partial charge in [-0.1, -0.05) is 6.92 Å². The third-order valence-electron chi connectivity index (χ3n) is 1.70. The van der Waals surface area contributed by atoms with Crippen molar-refractivity contribution < 1.29 is 17.8 Å². The van der Waals surface area contributed by atoms with E-state index in [1.165, 1.54) is 0 Å². The Morgan fingerprint density at radius 1 is 1.44 bits per heavy atom. The largest absolute Gasteiger partial charge is 0.350 e. The Bertz CT molecular complexity index is 324. The van der Waals surface area contributed by atoms with E-state index in [0.717, 1.165) is 5.75 Å². The van der Waals surface area contributed by atoms with E-state index in [2.05, 4.69) is 5.32 Å². The van der Waals surface area contributed by atoms with Crippen LogP contribution in [0.5, 0.6) is 0 Å². The van der Waals surface area contributed by atoms with Crippen LogP contribution >= 0.6 is 11.8 Å². The molecule has 1 amide bonds. The molecule has 5 nitrogen and oxygen atoms in total. The van der Waals surface area contributed by atoms with Gasteiger partial charge in [-0.3, -0.25) is 9.35 Å². The van der Waals surface area contributed by atoms with Gasteiger partial charge in [0.25, 0.3) is 10.1 Å². The van der Waals surface area contributed by atoms with Crippen LogP contribution in [0.15, 0.2) is 0 Å². The van der Waals surface area contributed by atoms with Gasteiger partial charge in [0.1, 0.15) is 0 Å². The van der Waals surface area contributed by atoms with Gasteiger partial charge in [-0.2, -0.15) is 20.2 Å². The van der Waals surface area contributed by atoms with Crippen LogP contribution in [0.25, 0.3) is 0 Å². The van der Waals surface area contributed by atoms with Crippen LogP contribution in [0.1, 0.15) is 27.2 Å². The van der Waals surface area contributed by atoms with Gasteiger partial charge >= 0.3 is 0 Å². The van der Waals surface area contributed by atoms with Crippen molar-refractivity contribution in [2.45, 2.75) is 32.7 Å². The molecule has 0 rings (SSSR count). The molecular weight excluding hydrogens is 250 g/mol. The maximum atomic E-state index is 11.4. The minimum atomic E-state index is -4.07. The molecule has 7 heteroatoms. The number of carbonyl (C=O) groups excluding carboxylic acids is 1. The van der Waals surface area contributed by atoms with Gasteiger partial charge in [-0.15, -0.1) is 0 Å². The zero-order chi connectivity index (χ0) is 12.8. The average molecular weight is 269 g/mol. The van der Waals surface area contributed by atoms with Crippen molar-refractivity contribution in [3.8, 4) is 0 Å². The average Bonchev–Trinajstić information content (AvgIpc) is 1.98. The first-order chi connectivity index (χ1) is 7.16. The molecule has 2 N–H and O–H groups in total. The highest BCUT2D eigenvalue weighted by atomic mass is 32.2. The number of thioether (sulfide) groups is 1. The van der Waals surface area contributed by atoms with E-state index in [1.807, 2.05) is 6.92 Å². The molecular formula is C9H19NO4S2. The van der Waals surface area contributed by atoms with E-state index < -0.39 is 21.4 Å². The lowest BCUT2D eigenvalue weighted by atomic mass is 10.1. The SMILES string of the molecule is CCSCCC(=O)NC(C)(C)CS(=O)(=O)O. The summed E-state index contributed by atoms with van der Waals surface area (Å²) in [5.74, 6) is 0.980. The molecule has 0 fully saturated rings. The summed E-state index contributed by atoms with van der Waals surface area (Å²) in [5.41, 5.74) is -0.943. The molecule has 0 spiro atoms. The molecule has 0 bridgehead atoms. The van der Waals surface area contributed by atoms with Crippen molar-refractivity contribution in [2.24, 2.45) is 0 Å². The number of rotatable bonds is 7. The first-order valence-electron chi connectivity index (χ1n) is 5.00. The van der Waals surface area contributed by atoms with Crippen LogP contribution in [0.4, 0.5) is 0 Å². The van der Waals surface area contributed by atoms with E-state index in [9.17, 15) is 13.2 Å². The Kier molecular flexibility index (Phi) is 6.35. The lowest BCUT2D eigenvalue weighted by molar-refractivity contribution is -0.122. The lowest BCUT2D eigenvalue weighted by Gasteiger charge is -2.24. The normalized spacial score (nSPS) is 12.5. The van der Waals surface area contributed by atoms with E-state index in [1.54, 1.807) is 25.6 Å². The maximum Gasteiger partial charge on any atom is 0.267 e. The van der Waals surface area contributed by atoms with Crippen LogP contribution in [-0.4, -0.2) is 41.7 Å². The first kappa shape index (κ1) is 15.7. The molecule has 0 saturated carbocycles. The van der Waals surface area contributed by atoms with Gasteiger partial charge in [0.2, 0.25) is 5.91 Å². The third kappa shape index (κ3) is 8.99. The Morgan fingerprint density at radius 2 is 2.00 bits per heavy atom. The summed E-state index contributed by atoms with van der Waals surface area (Å²) < 4.78 is 30.1. The van der Waals surface area contributed by atoms with Gasteiger partial charge in [0.15, 0.2) is 0 Å². The minimum Gasteiger partial charge on any atom is -0.350 e. The van der Waals surface area contributed by atoms with Crippen molar-refractivity contribution in [3.05, 3.63) is 0 Å². The second kappa shape index (κ2) is 6.46. The van der Waals surface area contributed by atoms with Gasteiger partial charge in [0, 0.05) is 12.2 Å². The highest BCUT2D eigenvalue weighted by Crippen LogP contribution is 2.07. The summed E-state index contributed by atoms with van der Waals surface area (Å²) in [6, 6.07) is 0. The van der Waals surface area contributed by atoms with Crippen molar-refractivity contribution in [2.75, 3.05) is 17.3 Å². The van der Waals surface area contributed by atoms with Crippen LogP contribution in [0, 0.1) is 0 Å². The van der Waals surface area contributed by atoms with Crippen molar-refractivity contribution in [1.82, 2.24) is 5.32 Å². The summed E-state index contributed by atoms with van der Waals surface area (Å²) in [7, 11) is -4.07. The monoisotopic (exact) mass is 269 g/mol. The molecule has 0 radical (unpaired) electrons. The Hall–Kier alpha value is -0.270. The first-order valence-corrected chi connectivity index (χ1v) is 7.76. The molecule has 0 aliphatic carbocycles. The number of hydrogen-bond acceptors (Lipinski definition) is 4. The summed E-state index contributed by atoms with van der Waals surface area (Å²) in [6.45, 7) is 5.13. The Labute approximate surface area is 101 Å². The van der Waals surface area contributed by atoms with Gasteiger partial charge in [-0.05, 0) is 19.6 Å². The Morgan fingerprint density at radius 3 is 2.44 bits per heavy atom. The number of nitrogens with one attached hydrogen (secondary N) is 1. The summed E-state index contributed by atoms with van der Waals surface area (Å²) in [5, 5.41) is 2.58. The lowest BCUT2D eigenvalue weighted by Crippen LogP contribution is -2.48. The van der Waals surface area contributed by atoms with E-state index >= 15 is 0 Å². The maximum absolute atomic E-state index is 11.4. The second-order valence-electron chi connectivity index (χ2n) is 4.11. The standard InChI is InChI=1S/C9H19NO4S2/c1-4-15-6-5-8(11)10-9(2,3)7-16(12,13)14/h4-7H2,1-3H3,(H,10,11)(H,12,13,14). The zero-order valence-electron chi connectivity index (χ0n) is 9.82. The molecule has 0 aliphatic rings. The predicted molar refractivity (Wildman–Crippen MR) is 66.3 cm³/mol. The molecule has 16 heavy (non-hydrogen) atoms. The van der Waals surface area contributed by atoms with Crippen LogP contribution in [0.3, 0.4) is 0 Å². The van der Waals surface area contributed by atoms with E-state index in [0.29, 0.717) is 12.2 Å². The highest BCUT2D eigenvalue weighted by molar-refractivity contribution is 7.99. The van der Waals surface area contributed by atoms with Crippen LogP contribution < -0.4 is 5.32 Å². The van der Waals surface area contributed by atoms with E-state index in [4.69, 9.17) is 4.55 Å². The zero-order valence-corrected chi connectivity index (χ0v) is 11.4. The third-order valence-corrected chi connectivity index (χ3v) is 3.69. The number of hydrogen-bond donors (Lipinski definition) is 2. The van der Waals surface area contributed by atoms with Gasteiger partial charge in [0.05, 0.1) is 11.3 Å². The fraction of sp³-hybridized carbons (Fsp3) is 0.889. The summed E-state index contributed by atoms with van der Waals surface area (Å²) in [4.78, 5) is 11.4. The Balaban J connectivity index is 4.10. The molecule has 96 valence electrons. The van der Waals surface area contributed by atoms with Gasteiger partial charge < -0.3 is 5.32 Å². The fourth-order valence-electron chi connectivity index (χ4n) is 1.24. The molecule has 0 aromatic rings. The molecule has 0 saturated heterocycles. The van der Waals surface area contributed by atoms with Gasteiger partial charge in [-0.25, -0.2) is 0 Å². The second-order valence-corrected chi connectivity index (χ2v) is 6.95. The molecule has 0 heterocycles. The molecule has 0 aliphatic heterocycles. The van der Waals surface area contributed by atoms with Crippen molar-refractivity contribution in [1.29, 1.82) is 0 Å². The van der Waals surface area contributed by atoms with Crippen LogP contribution in [-0.2, 0) is 14.9 Å². The summed E-state index contributed by atoms with van der Waals surface area (Å²) >= 11 is 1.65. The molecule has 0 aromatic heterocycles. The number of carbonyl (C=O) groups is 1. The predicted octanol–water partition coefficient (Wildman–Crippen LogP) is 0.912. The summed E-state index contributed by atoms with van der Waals surface area (Å²) in [6.07, 6.45) is 0.355. The van der Waals surface area contributed by atoms with Crippen LogP contribution in [0.2, 0.25) is 0 Å². The molecule has 0 atom stereocenters. The molecule has 0 aromatic carbocycles. The van der Waals surface area contributed by atoms with Crippen molar-refractivity contribution in [3.63, 3.8) is 0 Å². The van der Waals surface area contributed by atoms with E-state index in [-0.39, 0.29) is 5.91 Å².